The van der Waals surface area contributed by atoms with Gasteiger partial charge in [0, 0.05) is 0 Å². The maximum Gasteiger partial charge on any atom is 0.0866 e. The SMILES string of the molecule is C=C.C=C/C=C\F. The Hall–Kier alpha value is -0.850. The van der Waals surface area contributed by atoms with E-state index < -0.39 is 0 Å². The van der Waals surface area contributed by atoms with E-state index in [2.05, 4.69) is 19.7 Å². The smallest absolute Gasteiger partial charge is 0.0866 e. The minimum atomic E-state index is 0.438. The Morgan fingerprint density at radius 1 is 1.29 bits per heavy atom. The highest BCUT2D eigenvalue weighted by molar-refractivity contribution is 4.91. The lowest BCUT2D eigenvalue weighted by atomic mass is 10.6. The first-order valence-corrected chi connectivity index (χ1v) is 1.79. The second-order valence-corrected chi connectivity index (χ2v) is 0.554. The molecule has 0 aliphatic heterocycles. The molecule has 0 rings (SSSR count). The number of hydrogen-bond donors (Lipinski definition) is 0. The van der Waals surface area contributed by atoms with Gasteiger partial charge in [0.15, 0.2) is 0 Å². The standard InChI is InChI=1S/C4H5F.C2H4/c1-2-3-4-5;1-2/h2-4H,1H2;1-2H2/b4-3-;. The van der Waals surface area contributed by atoms with E-state index >= 15 is 0 Å². The molecule has 1 heteroatoms. The lowest BCUT2D eigenvalue weighted by Gasteiger charge is -1.52. The maximum atomic E-state index is 10.7. The highest BCUT2D eigenvalue weighted by atomic mass is 19.1. The Morgan fingerprint density at radius 3 is 1.71 bits per heavy atom. The van der Waals surface area contributed by atoms with Crippen LogP contribution in [0.5, 0.6) is 0 Å². The van der Waals surface area contributed by atoms with E-state index in [4.69, 9.17) is 0 Å². The van der Waals surface area contributed by atoms with Crippen molar-refractivity contribution in [3.63, 3.8) is 0 Å². The average molecular weight is 100 g/mol. The van der Waals surface area contributed by atoms with Crippen molar-refractivity contribution in [1.29, 1.82) is 0 Å². The molecule has 0 aromatic heterocycles. The lowest BCUT2D eigenvalue weighted by Crippen LogP contribution is -1.31. The van der Waals surface area contributed by atoms with Crippen LogP contribution in [0.15, 0.2) is 38.2 Å². The van der Waals surface area contributed by atoms with Gasteiger partial charge in [0.2, 0.25) is 0 Å². The highest BCUT2D eigenvalue weighted by Gasteiger charge is 1.45. The minimum Gasteiger partial charge on any atom is -0.216 e. The molecule has 0 aliphatic carbocycles. The van der Waals surface area contributed by atoms with Crippen molar-refractivity contribution < 1.29 is 4.39 Å². The summed E-state index contributed by atoms with van der Waals surface area (Å²) in [5.41, 5.74) is 0. The molecule has 0 fully saturated rings. The summed E-state index contributed by atoms with van der Waals surface area (Å²) in [6.45, 7) is 9.22. The molecular weight excluding hydrogens is 91.1 g/mol. The molecule has 0 aromatic carbocycles. The van der Waals surface area contributed by atoms with E-state index in [9.17, 15) is 4.39 Å². The van der Waals surface area contributed by atoms with Gasteiger partial charge in [-0.1, -0.05) is 12.7 Å². The third-order valence-electron chi connectivity index (χ3n) is 0.209. The summed E-state index contributed by atoms with van der Waals surface area (Å²) in [6, 6.07) is 0. The van der Waals surface area contributed by atoms with Crippen LogP contribution in [0.3, 0.4) is 0 Å². The summed E-state index contributed by atoms with van der Waals surface area (Å²) < 4.78 is 10.7. The first-order chi connectivity index (χ1) is 3.41. The first kappa shape index (κ1) is 9.47. The van der Waals surface area contributed by atoms with Crippen molar-refractivity contribution in [2.75, 3.05) is 0 Å². The van der Waals surface area contributed by atoms with E-state index in [0.717, 1.165) is 0 Å². The number of hydrogen-bond acceptors (Lipinski definition) is 0. The summed E-state index contributed by atoms with van der Waals surface area (Å²) in [5, 5.41) is 0. The zero-order valence-corrected chi connectivity index (χ0v) is 4.23. The molecule has 0 nitrogen and oxygen atoms in total. The normalized spacial score (nSPS) is 7.00. The van der Waals surface area contributed by atoms with E-state index in [1.165, 1.54) is 12.2 Å². The van der Waals surface area contributed by atoms with E-state index in [-0.39, 0.29) is 0 Å². The summed E-state index contributed by atoms with van der Waals surface area (Å²) >= 11 is 0. The topological polar surface area (TPSA) is 0 Å². The number of halogens is 1. The van der Waals surface area contributed by atoms with Crippen LogP contribution < -0.4 is 0 Å². The summed E-state index contributed by atoms with van der Waals surface area (Å²) in [6.07, 6.45) is 3.03. The summed E-state index contributed by atoms with van der Waals surface area (Å²) in [7, 11) is 0. The van der Waals surface area contributed by atoms with Gasteiger partial charge in [0.1, 0.15) is 0 Å². The van der Waals surface area contributed by atoms with E-state index in [1.54, 1.807) is 0 Å². The first-order valence-electron chi connectivity index (χ1n) is 1.79. The second-order valence-electron chi connectivity index (χ2n) is 0.554. The Bertz CT molecular complexity index is 55.2. The molecule has 7 heavy (non-hydrogen) atoms. The van der Waals surface area contributed by atoms with Crippen LogP contribution in [-0.4, -0.2) is 0 Å². The quantitative estimate of drug-likeness (QED) is 0.350. The summed E-state index contributed by atoms with van der Waals surface area (Å²) in [5.74, 6) is 0. The van der Waals surface area contributed by atoms with Gasteiger partial charge in [-0.3, -0.25) is 0 Å². The monoisotopic (exact) mass is 100 g/mol. The molecule has 0 atom stereocenters. The maximum absolute atomic E-state index is 10.7. The van der Waals surface area contributed by atoms with Gasteiger partial charge < -0.3 is 0 Å². The molecule has 0 unspecified atom stereocenters. The van der Waals surface area contributed by atoms with Crippen molar-refractivity contribution in [3.8, 4) is 0 Å². The van der Waals surface area contributed by atoms with Gasteiger partial charge in [-0.25, -0.2) is 4.39 Å². The Morgan fingerprint density at radius 2 is 1.71 bits per heavy atom. The number of allylic oxidation sites excluding steroid dienone is 2. The van der Waals surface area contributed by atoms with Crippen molar-refractivity contribution in [3.05, 3.63) is 38.2 Å². The molecule has 0 bridgehead atoms. The van der Waals surface area contributed by atoms with Gasteiger partial charge in [0.25, 0.3) is 0 Å². The number of rotatable bonds is 1. The molecule has 40 valence electrons. The molecule has 0 spiro atoms. The zero-order valence-electron chi connectivity index (χ0n) is 4.23. The molecule has 0 radical (unpaired) electrons. The van der Waals surface area contributed by atoms with E-state index in [0.29, 0.717) is 6.33 Å². The van der Waals surface area contributed by atoms with Gasteiger partial charge in [-0.15, -0.1) is 13.2 Å². The van der Waals surface area contributed by atoms with Crippen LogP contribution in [0.25, 0.3) is 0 Å². The fraction of sp³-hybridized carbons (Fsp3) is 0. The van der Waals surface area contributed by atoms with Gasteiger partial charge in [-0.2, -0.15) is 0 Å². The van der Waals surface area contributed by atoms with Gasteiger partial charge >= 0.3 is 0 Å². The highest BCUT2D eigenvalue weighted by Crippen LogP contribution is 1.68. The molecule has 0 aromatic rings. The lowest BCUT2D eigenvalue weighted by molar-refractivity contribution is 0.721. The fourth-order valence-corrected chi connectivity index (χ4v) is 0.0514. The predicted octanol–water partition coefficient (Wildman–Crippen LogP) is 2.46. The van der Waals surface area contributed by atoms with Crippen molar-refractivity contribution >= 4 is 0 Å². The second kappa shape index (κ2) is 19.2. The van der Waals surface area contributed by atoms with Crippen LogP contribution in [0.2, 0.25) is 0 Å². The zero-order chi connectivity index (χ0) is 6.12. The van der Waals surface area contributed by atoms with Crippen molar-refractivity contribution in [2.24, 2.45) is 0 Å². The van der Waals surface area contributed by atoms with Crippen LogP contribution in [0.1, 0.15) is 0 Å². The minimum absolute atomic E-state index is 0.438. The molecule has 0 amide bonds. The van der Waals surface area contributed by atoms with Crippen LogP contribution in [0.4, 0.5) is 4.39 Å². The third-order valence-corrected chi connectivity index (χ3v) is 0.209. The van der Waals surface area contributed by atoms with Gasteiger partial charge in [0.05, 0.1) is 6.33 Å². The molecule has 0 saturated carbocycles. The van der Waals surface area contributed by atoms with Crippen molar-refractivity contribution in [2.45, 2.75) is 0 Å². The van der Waals surface area contributed by atoms with E-state index in [1.807, 2.05) is 0 Å². The Kier molecular flexibility index (Phi) is 26.0. The Labute approximate surface area is 43.7 Å². The van der Waals surface area contributed by atoms with Crippen LogP contribution in [0, 0.1) is 0 Å². The fourth-order valence-electron chi connectivity index (χ4n) is 0.0514. The van der Waals surface area contributed by atoms with Crippen LogP contribution >= 0.6 is 0 Å². The van der Waals surface area contributed by atoms with Crippen molar-refractivity contribution in [1.82, 2.24) is 0 Å². The van der Waals surface area contributed by atoms with Crippen LogP contribution in [-0.2, 0) is 0 Å². The Balaban J connectivity index is 0. The molecule has 0 N–H and O–H groups in total. The molecule has 0 heterocycles. The average Bonchev–Trinajstić information content (AvgIpc) is 1.75. The largest absolute Gasteiger partial charge is 0.216 e. The predicted molar refractivity (Wildman–Crippen MR) is 31.7 cm³/mol. The summed E-state index contributed by atoms with van der Waals surface area (Å²) in [4.78, 5) is 0. The molecule has 0 saturated heterocycles. The molecular formula is C6H9F. The van der Waals surface area contributed by atoms with Gasteiger partial charge in [-0.05, 0) is 6.08 Å². The third kappa shape index (κ3) is 38.6. The molecule has 0 aliphatic rings.